The smallest absolute Gasteiger partial charge is 0.418 e. The van der Waals surface area contributed by atoms with Crippen LogP contribution in [0.3, 0.4) is 0 Å². The highest BCUT2D eigenvalue weighted by atomic mass is 35.5. The Balaban J connectivity index is 1.05. The molecule has 7 heterocycles. The largest absolute Gasteiger partial charge is 0.461 e. The molecule has 9 rings (SSSR count). The van der Waals surface area contributed by atoms with Gasteiger partial charge in [0.2, 0.25) is 5.91 Å². The Morgan fingerprint density at radius 3 is 2.74 bits per heavy atom. The summed E-state index contributed by atoms with van der Waals surface area (Å²) in [7, 11) is 0. The van der Waals surface area contributed by atoms with Crippen LogP contribution in [0.4, 0.5) is 29.2 Å². The van der Waals surface area contributed by atoms with Gasteiger partial charge in [0, 0.05) is 56.8 Å². The van der Waals surface area contributed by atoms with Gasteiger partial charge in [0.05, 0.1) is 27.4 Å². The molecular formula is C43H45ClF4N8O2. The van der Waals surface area contributed by atoms with Crippen LogP contribution in [0.15, 0.2) is 48.6 Å². The van der Waals surface area contributed by atoms with Crippen LogP contribution in [0.5, 0.6) is 6.01 Å². The molecule has 4 atom stereocenters. The molecule has 1 amide bonds. The minimum Gasteiger partial charge on any atom is -0.461 e. The highest BCUT2D eigenvalue weighted by Gasteiger charge is 2.47. The normalized spacial score (nSPS) is 24.6. The summed E-state index contributed by atoms with van der Waals surface area (Å²) in [5, 5.41) is -0.122. The molecular weight excluding hydrogens is 772 g/mol. The van der Waals surface area contributed by atoms with Crippen molar-refractivity contribution in [3.05, 3.63) is 87.2 Å². The summed E-state index contributed by atoms with van der Waals surface area (Å²) in [6, 6.07) is 8.38. The first kappa shape index (κ1) is 38.7. The average molecular weight is 817 g/mol. The van der Waals surface area contributed by atoms with Crippen LogP contribution in [0.2, 0.25) is 5.02 Å². The van der Waals surface area contributed by atoms with E-state index < -0.39 is 28.8 Å². The van der Waals surface area contributed by atoms with E-state index in [0.717, 1.165) is 75.6 Å². The van der Waals surface area contributed by atoms with E-state index in [0.29, 0.717) is 31.4 Å². The predicted octanol–water partition coefficient (Wildman–Crippen LogP) is 7.62. The van der Waals surface area contributed by atoms with Crippen molar-refractivity contribution in [3.8, 4) is 17.3 Å². The van der Waals surface area contributed by atoms with Gasteiger partial charge in [-0.2, -0.15) is 23.1 Å². The number of ether oxygens (including phenoxy) is 1. The van der Waals surface area contributed by atoms with Crippen molar-refractivity contribution >= 4 is 46.1 Å². The zero-order chi connectivity index (χ0) is 40.7. The van der Waals surface area contributed by atoms with Crippen LogP contribution in [-0.2, 0) is 17.5 Å². The van der Waals surface area contributed by atoms with Crippen molar-refractivity contribution in [2.75, 3.05) is 63.1 Å². The lowest BCUT2D eigenvalue weighted by atomic mass is 9.88. The molecule has 4 saturated heterocycles. The van der Waals surface area contributed by atoms with Gasteiger partial charge < -0.3 is 20.3 Å². The highest BCUT2D eigenvalue weighted by molar-refractivity contribution is 6.34. The number of nitrogen functional groups attached to an aromatic ring is 1. The lowest BCUT2D eigenvalue weighted by molar-refractivity contribution is -0.137. The second kappa shape index (κ2) is 14.5. The molecule has 2 N–H and O–H groups in total. The molecule has 2 bridgehead atoms. The minimum absolute atomic E-state index is 0.120. The molecule has 10 nitrogen and oxygen atoms in total. The number of hydrogen-bond donors (Lipinski definition) is 1. The van der Waals surface area contributed by atoms with Crippen molar-refractivity contribution < 1.29 is 27.1 Å². The zero-order valence-electron chi connectivity index (χ0n) is 32.5. The Morgan fingerprint density at radius 2 is 1.95 bits per heavy atom. The molecule has 2 unspecified atom stereocenters. The van der Waals surface area contributed by atoms with Crippen molar-refractivity contribution in [2.24, 2.45) is 0 Å². The third-order valence-corrected chi connectivity index (χ3v) is 13.1. The van der Waals surface area contributed by atoms with E-state index in [-0.39, 0.29) is 57.4 Å². The van der Waals surface area contributed by atoms with Crippen molar-refractivity contribution in [3.63, 3.8) is 0 Å². The molecule has 4 fully saturated rings. The van der Waals surface area contributed by atoms with Crippen LogP contribution in [0, 0.1) is 12.7 Å². The number of nitrogens with two attached hydrogens (primary N) is 1. The highest BCUT2D eigenvalue weighted by Crippen LogP contribution is 2.46. The van der Waals surface area contributed by atoms with Crippen molar-refractivity contribution in [1.29, 1.82) is 0 Å². The van der Waals surface area contributed by atoms with Gasteiger partial charge in [-0.15, -0.1) is 0 Å². The molecule has 2 aromatic carbocycles. The number of aromatic nitrogens is 3. The number of halogens is 5. The van der Waals surface area contributed by atoms with Gasteiger partial charge in [-0.3, -0.25) is 14.6 Å². The first-order valence-corrected chi connectivity index (χ1v) is 20.2. The first-order chi connectivity index (χ1) is 27.7. The molecule has 0 spiro atoms. The molecule has 58 heavy (non-hydrogen) atoms. The number of pyridine rings is 1. The summed E-state index contributed by atoms with van der Waals surface area (Å²) in [6.45, 7) is 13.3. The summed E-state index contributed by atoms with van der Waals surface area (Å²) >= 11 is 6.72. The summed E-state index contributed by atoms with van der Waals surface area (Å²) in [5.41, 5.74) is 7.51. The summed E-state index contributed by atoms with van der Waals surface area (Å²) in [5.74, 6) is -0.607. The van der Waals surface area contributed by atoms with Crippen molar-refractivity contribution in [1.82, 2.24) is 29.7 Å². The molecule has 5 aliphatic rings. The first-order valence-electron chi connectivity index (χ1n) is 19.9. The second-order valence-corrected chi connectivity index (χ2v) is 17.0. The monoisotopic (exact) mass is 816 g/mol. The Kier molecular flexibility index (Phi) is 9.67. The molecule has 0 saturated carbocycles. The quantitative estimate of drug-likeness (QED) is 0.115. The second-order valence-electron chi connectivity index (χ2n) is 16.6. The molecule has 4 aromatic rings. The number of nitrogens with zero attached hydrogens (tertiary/aromatic N) is 7. The van der Waals surface area contributed by atoms with Gasteiger partial charge >= 0.3 is 12.2 Å². The van der Waals surface area contributed by atoms with E-state index in [1.54, 1.807) is 11.0 Å². The summed E-state index contributed by atoms with van der Waals surface area (Å²) in [4.78, 5) is 35.5. The van der Waals surface area contributed by atoms with Gasteiger partial charge in [-0.25, -0.2) is 9.37 Å². The van der Waals surface area contributed by atoms with Crippen LogP contribution in [-0.4, -0.2) is 99.6 Å². The Morgan fingerprint density at radius 1 is 1.12 bits per heavy atom. The molecule has 15 heteroatoms. The van der Waals surface area contributed by atoms with E-state index in [2.05, 4.69) is 44.5 Å². The molecule has 0 aliphatic carbocycles. The van der Waals surface area contributed by atoms with Crippen LogP contribution < -0.4 is 15.4 Å². The predicted molar refractivity (Wildman–Crippen MR) is 216 cm³/mol. The van der Waals surface area contributed by atoms with Crippen LogP contribution in [0.25, 0.3) is 28.2 Å². The third kappa shape index (κ3) is 6.76. The number of carbonyl (C=O) groups excluding carboxylic acids is 1. The topological polar surface area (TPSA) is 104 Å². The lowest BCUT2D eigenvalue weighted by Crippen LogP contribution is -2.53. The van der Waals surface area contributed by atoms with E-state index in [1.807, 2.05) is 17.9 Å². The zero-order valence-corrected chi connectivity index (χ0v) is 33.3. The standard InChI is InChI=1S/C43H45ClF4N8O2/c1-24-18-42(11-5-12-55(42)19-24)23-58-41-51-38-30(17-32(44)35(37(38)45)39-36(43(46,47)48)25(2)16-33(49)50-39)40(52-41)56-15-14-54(20-26(56)3)34(57)9-8-27-6-4-7-29-28-10-13-53(21-28)22-31(27)29/h4,6-9,16-17,26,28H,1,5,10-15,18-23H2,2-3H3,(H2,49,50)/b9-8+/t26-,28?,42-/m0/s1. The van der Waals surface area contributed by atoms with E-state index in [4.69, 9.17) is 27.1 Å². The summed E-state index contributed by atoms with van der Waals surface area (Å²) < 4.78 is 66.8. The fraction of sp³-hybridized carbons (Fsp3) is 0.442. The Labute approximate surface area is 339 Å². The van der Waals surface area contributed by atoms with Gasteiger partial charge in [0.15, 0.2) is 5.82 Å². The van der Waals surface area contributed by atoms with Gasteiger partial charge in [-0.1, -0.05) is 42.0 Å². The fourth-order valence-corrected chi connectivity index (χ4v) is 10.4. The van der Waals surface area contributed by atoms with Gasteiger partial charge in [-0.05, 0) is 99.0 Å². The fourth-order valence-electron chi connectivity index (χ4n) is 10.1. The molecule has 2 aromatic heterocycles. The molecule has 304 valence electrons. The maximum absolute atomic E-state index is 17.0. The number of anilines is 2. The number of carbonyl (C=O) groups is 1. The third-order valence-electron chi connectivity index (χ3n) is 12.8. The van der Waals surface area contributed by atoms with E-state index >= 15 is 4.39 Å². The SMILES string of the molecule is C=C1CN2CCC[C@@]2(COc2nc(N3CCN(C(=O)/C=C/c4cccc5c4CN4CCC5C4)C[C@@H]3C)c3cc(Cl)c(-c4nc(N)cc(C)c4C(F)(F)F)c(F)c3n2)C1. The lowest BCUT2D eigenvalue weighted by Gasteiger charge is -2.40. The molecule has 0 radical (unpaired) electrons. The van der Waals surface area contributed by atoms with E-state index in [9.17, 15) is 18.0 Å². The average Bonchev–Trinajstić information content (AvgIpc) is 3.83. The van der Waals surface area contributed by atoms with E-state index in [1.165, 1.54) is 24.1 Å². The van der Waals surface area contributed by atoms with Gasteiger partial charge in [0.1, 0.15) is 23.8 Å². The number of fused-ring (bicyclic) bond motifs is 6. The number of piperazine rings is 1. The maximum Gasteiger partial charge on any atom is 0.418 e. The Bertz CT molecular complexity index is 2390. The maximum atomic E-state index is 17.0. The Hall–Kier alpha value is -4.79. The number of rotatable bonds is 7. The number of alkyl halides is 3. The van der Waals surface area contributed by atoms with Crippen LogP contribution in [0.1, 0.15) is 66.3 Å². The number of aryl methyl sites for hydroxylation is 1. The van der Waals surface area contributed by atoms with Crippen molar-refractivity contribution in [2.45, 2.75) is 69.8 Å². The number of hydrogen-bond acceptors (Lipinski definition) is 9. The van der Waals surface area contributed by atoms with Gasteiger partial charge in [0.25, 0.3) is 0 Å². The van der Waals surface area contributed by atoms with Crippen LogP contribution >= 0.6 is 11.6 Å². The summed E-state index contributed by atoms with van der Waals surface area (Å²) in [6.07, 6.45) is 2.45. The number of amides is 1. The molecule has 5 aliphatic heterocycles. The minimum atomic E-state index is -4.88. The number of benzene rings is 2.